The summed E-state index contributed by atoms with van der Waals surface area (Å²) in [6.45, 7) is 0. The van der Waals surface area contributed by atoms with E-state index in [0.717, 1.165) is 13.4 Å². The Balaban J connectivity index is 3.02. The third-order valence-electron chi connectivity index (χ3n) is 1.44. The van der Waals surface area contributed by atoms with E-state index in [9.17, 15) is 4.57 Å². The highest BCUT2D eigenvalue weighted by molar-refractivity contribution is 9.15. The Kier molecular flexibility index (Phi) is 5.47. The molecule has 0 aliphatic carbocycles. The molecule has 0 aromatic heterocycles. The van der Waals surface area contributed by atoms with Gasteiger partial charge in [0, 0.05) is 13.4 Å². The zero-order valence-corrected chi connectivity index (χ0v) is 14.6. The van der Waals surface area contributed by atoms with Gasteiger partial charge in [-0.05, 0) is 69.8 Å². The first-order valence-corrected chi connectivity index (χ1v) is 8.42. The molecule has 0 saturated carbocycles. The Labute approximate surface area is 125 Å². The fourth-order valence-corrected chi connectivity index (χ4v) is 3.17. The maximum absolute atomic E-state index is 10.6. The highest BCUT2D eigenvalue weighted by Gasteiger charge is 2.15. The van der Waals surface area contributed by atoms with E-state index in [1.54, 1.807) is 6.07 Å². The molecule has 0 atom stereocenters. The van der Waals surface area contributed by atoms with Crippen LogP contribution in [-0.4, -0.2) is 9.79 Å². The molecule has 0 fully saturated rings. The van der Waals surface area contributed by atoms with Crippen molar-refractivity contribution in [3.63, 3.8) is 0 Å². The van der Waals surface area contributed by atoms with Gasteiger partial charge in [-0.2, -0.15) is 0 Å². The average molecular weight is 504 g/mol. The summed E-state index contributed by atoms with van der Waals surface area (Å²) < 4.78 is 13.5. The molecule has 0 aliphatic rings. The van der Waals surface area contributed by atoms with Crippen molar-refractivity contribution >= 4 is 77.2 Å². The third-order valence-corrected chi connectivity index (χ3v) is 6.50. The molecule has 4 N–H and O–H groups in total. The molecule has 1 aromatic carbocycles. The zero-order chi connectivity index (χ0) is 12.5. The van der Waals surface area contributed by atoms with Crippen LogP contribution < -0.4 is 10.6 Å². The normalized spacial score (nSPS) is 11.6. The predicted molar refractivity (Wildman–Crippen MR) is 76.0 cm³/mol. The summed E-state index contributed by atoms with van der Waals surface area (Å²) in [5.41, 5.74) is 2.90. The minimum atomic E-state index is -4.32. The molecule has 16 heavy (non-hydrogen) atoms. The molecule has 0 spiro atoms. The van der Waals surface area contributed by atoms with Crippen molar-refractivity contribution in [2.75, 3.05) is 5.43 Å². The van der Waals surface area contributed by atoms with Crippen LogP contribution in [-0.2, 0) is 4.57 Å². The maximum atomic E-state index is 10.6. The van der Waals surface area contributed by atoms with Gasteiger partial charge in [-0.15, -0.1) is 5.20 Å². The van der Waals surface area contributed by atoms with E-state index >= 15 is 0 Å². The summed E-state index contributed by atoms with van der Waals surface area (Å²) in [4.78, 5) is 17.3. The second kappa shape index (κ2) is 5.79. The van der Waals surface area contributed by atoms with Gasteiger partial charge in [0.25, 0.3) is 0 Å². The van der Waals surface area contributed by atoms with Gasteiger partial charge in [0.2, 0.25) is 0 Å². The number of halogens is 4. The predicted octanol–water partition coefficient (Wildman–Crippen LogP) is 3.75. The fourth-order valence-electron chi connectivity index (χ4n) is 0.797. The molecule has 1 rings (SSSR count). The van der Waals surface area contributed by atoms with Crippen LogP contribution in [0, 0.1) is 0 Å². The molecular weight excluding hydrogens is 499 g/mol. The Morgan fingerprint density at radius 3 is 2.12 bits per heavy atom. The molecule has 0 unspecified atom stereocenters. The minimum Gasteiger partial charge on any atom is -0.311 e. The molecule has 10 heteroatoms. The summed E-state index contributed by atoms with van der Waals surface area (Å²) in [5.74, 6) is 0. The number of anilines is 1. The van der Waals surface area contributed by atoms with Gasteiger partial charge in [0.1, 0.15) is 0 Å². The number of hydrazine groups is 1. The molecule has 0 bridgehead atoms. The van der Waals surface area contributed by atoms with Gasteiger partial charge >= 0.3 is 7.75 Å². The lowest BCUT2D eigenvalue weighted by atomic mass is 10.3. The second-order valence-corrected chi connectivity index (χ2v) is 7.17. The Bertz CT molecular complexity index is 464. The summed E-state index contributed by atoms with van der Waals surface area (Å²) in [6.07, 6.45) is 0. The number of rotatable bonds is 3. The largest absolute Gasteiger partial charge is 0.417 e. The number of nitrogens with one attached hydrogen (secondary N) is 2. The first-order chi connectivity index (χ1) is 7.22. The summed E-state index contributed by atoms with van der Waals surface area (Å²) in [6, 6.07) is 1.65. The van der Waals surface area contributed by atoms with Gasteiger partial charge in [-0.3, -0.25) is 0 Å². The SMILES string of the molecule is O=P(O)(O)NNc1cc(Br)c(Br)c(Br)c1Br. The number of hydrogen-bond acceptors (Lipinski definition) is 2. The highest BCUT2D eigenvalue weighted by Crippen LogP contribution is 2.41. The third kappa shape index (κ3) is 4.06. The number of benzene rings is 1. The molecule has 90 valence electrons. The van der Waals surface area contributed by atoms with Gasteiger partial charge < -0.3 is 15.2 Å². The number of hydrogen-bond donors (Lipinski definition) is 4. The van der Waals surface area contributed by atoms with E-state index in [1.165, 1.54) is 0 Å². The monoisotopic (exact) mass is 500 g/mol. The summed E-state index contributed by atoms with van der Waals surface area (Å²) in [5, 5.41) is 1.88. The van der Waals surface area contributed by atoms with Crippen LogP contribution in [0.5, 0.6) is 0 Å². The average Bonchev–Trinajstić information content (AvgIpc) is 2.17. The smallest absolute Gasteiger partial charge is 0.311 e. The van der Waals surface area contributed by atoms with Crippen molar-refractivity contribution in [2.45, 2.75) is 0 Å². The van der Waals surface area contributed by atoms with E-state index < -0.39 is 7.75 Å². The van der Waals surface area contributed by atoms with Gasteiger partial charge in [0.15, 0.2) is 0 Å². The summed E-state index contributed by atoms with van der Waals surface area (Å²) >= 11 is 13.2. The Morgan fingerprint density at radius 1 is 1.06 bits per heavy atom. The van der Waals surface area contributed by atoms with Crippen LogP contribution in [0.15, 0.2) is 24.0 Å². The van der Waals surface area contributed by atoms with Crippen LogP contribution in [0.1, 0.15) is 0 Å². The van der Waals surface area contributed by atoms with Crippen LogP contribution in [0.25, 0.3) is 0 Å². The molecule has 0 aliphatic heterocycles. The minimum absolute atomic E-state index is 0.477. The van der Waals surface area contributed by atoms with Gasteiger partial charge in [-0.25, -0.2) is 4.57 Å². The van der Waals surface area contributed by atoms with Crippen LogP contribution >= 0.6 is 71.5 Å². The van der Waals surface area contributed by atoms with E-state index in [-0.39, 0.29) is 0 Å². The van der Waals surface area contributed by atoms with Gasteiger partial charge in [0.05, 0.1) is 10.2 Å². The van der Waals surface area contributed by atoms with Crippen molar-refractivity contribution in [1.82, 2.24) is 5.20 Å². The van der Waals surface area contributed by atoms with Crippen molar-refractivity contribution in [1.29, 1.82) is 0 Å². The maximum Gasteiger partial charge on any atom is 0.417 e. The standard InChI is InChI=1S/C6H5Br4N2O3P/c7-2-1-3(11-12-16(13,14)15)5(9)6(10)4(2)8/h1,11H,(H3,12,13,14,15). The molecular formula is C6H5Br4N2O3P. The van der Waals surface area contributed by atoms with E-state index in [2.05, 4.69) is 69.1 Å². The van der Waals surface area contributed by atoms with E-state index in [4.69, 9.17) is 9.79 Å². The second-order valence-electron chi connectivity index (χ2n) is 2.63. The fraction of sp³-hybridized carbons (Fsp3) is 0. The lowest BCUT2D eigenvalue weighted by Crippen LogP contribution is -2.18. The van der Waals surface area contributed by atoms with E-state index in [0.29, 0.717) is 10.2 Å². The van der Waals surface area contributed by atoms with Crippen molar-refractivity contribution in [3.05, 3.63) is 24.0 Å². The highest BCUT2D eigenvalue weighted by atomic mass is 79.9. The van der Waals surface area contributed by atoms with Crippen molar-refractivity contribution in [2.24, 2.45) is 0 Å². The van der Waals surface area contributed by atoms with Crippen LogP contribution in [0.4, 0.5) is 5.69 Å². The molecule has 0 heterocycles. The topological polar surface area (TPSA) is 81.6 Å². The van der Waals surface area contributed by atoms with Crippen molar-refractivity contribution < 1.29 is 14.4 Å². The molecule has 5 nitrogen and oxygen atoms in total. The molecule has 0 amide bonds. The Morgan fingerprint density at radius 2 is 1.62 bits per heavy atom. The van der Waals surface area contributed by atoms with Crippen LogP contribution in [0.2, 0.25) is 0 Å². The van der Waals surface area contributed by atoms with Crippen molar-refractivity contribution in [3.8, 4) is 0 Å². The molecule has 0 saturated heterocycles. The van der Waals surface area contributed by atoms with Gasteiger partial charge in [-0.1, -0.05) is 0 Å². The zero-order valence-electron chi connectivity index (χ0n) is 7.34. The molecule has 1 aromatic rings. The lowest BCUT2D eigenvalue weighted by Gasteiger charge is -2.13. The van der Waals surface area contributed by atoms with E-state index in [1.807, 2.05) is 5.20 Å². The molecule has 0 radical (unpaired) electrons. The van der Waals surface area contributed by atoms with Crippen LogP contribution in [0.3, 0.4) is 0 Å². The Hall–Kier alpha value is 1.05. The lowest BCUT2D eigenvalue weighted by molar-refractivity contribution is 0.362. The first kappa shape index (κ1) is 15.1. The summed E-state index contributed by atoms with van der Waals surface area (Å²) in [7, 11) is -4.32. The quantitative estimate of drug-likeness (QED) is 0.219. The first-order valence-electron chi connectivity index (χ1n) is 3.64.